The third-order valence-electron chi connectivity index (χ3n) is 5.59. The molecular formula is C27H24FN3O5S2. The first-order chi connectivity index (χ1) is 18.1. The highest BCUT2D eigenvalue weighted by atomic mass is 32.2. The van der Waals surface area contributed by atoms with Crippen LogP contribution in [0.2, 0.25) is 0 Å². The van der Waals surface area contributed by atoms with Crippen LogP contribution in [-0.2, 0) is 26.7 Å². The van der Waals surface area contributed by atoms with Crippen LogP contribution in [0.4, 0.5) is 4.39 Å². The average Bonchev–Trinajstić information content (AvgIpc) is 3.34. The molecule has 0 atom stereocenters. The summed E-state index contributed by atoms with van der Waals surface area (Å²) in [6.07, 6.45) is 4.28. The Hall–Kier alpha value is -3.90. The van der Waals surface area contributed by atoms with E-state index in [1.54, 1.807) is 67.7 Å². The molecule has 2 aromatic heterocycles. The van der Waals surface area contributed by atoms with E-state index < -0.39 is 26.0 Å². The zero-order chi connectivity index (χ0) is 27.3. The maximum absolute atomic E-state index is 14.2. The molecule has 0 amide bonds. The molecular weight excluding hydrogens is 529 g/mol. The fourth-order valence-electron chi connectivity index (χ4n) is 3.90. The van der Waals surface area contributed by atoms with E-state index >= 15 is 0 Å². The van der Waals surface area contributed by atoms with Crippen LogP contribution in [0, 0.1) is 5.82 Å². The standard InChI is InChI=1S/C17H16FN3O2S.C10H8O3S/c1-19-10-13-9-17(15-6-2-3-7-16(15)18)21(12-13)24(22,23)14-5-4-8-20-11-14;11-14(12,13)10-7-3-5-8-4-1-2-6-9(8)10/h2-9,11-12,19H,10H2,1H3;1-7H,(H,11,12,13). The lowest BCUT2D eigenvalue weighted by atomic mass is 10.1. The van der Waals surface area contributed by atoms with Gasteiger partial charge in [0, 0.05) is 36.1 Å². The fourth-order valence-corrected chi connectivity index (χ4v) is 5.97. The first-order valence-electron chi connectivity index (χ1n) is 11.3. The minimum absolute atomic E-state index is 0.0457. The molecule has 0 spiro atoms. The summed E-state index contributed by atoms with van der Waals surface area (Å²) in [5.41, 5.74) is 1.25. The quantitative estimate of drug-likeness (QED) is 0.292. The molecule has 38 heavy (non-hydrogen) atoms. The molecule has 2 N–H and O–H groups in total. The number of aromatic nitrogens is 2. The summed E-state index contributed by atoms with van der Waals surface area (Å²) in [5.74, 6) is -0.478. The van der Waals surface area contributed by atoms with E-state index in [1.807, 2.05) is 6.07 Å². The molecule has 8 nitrogen and oxygen atoms in total. The van der Waals surface area contributed by atoms with Gasteiger partial charge >= 0.3 is 0 Å². The Morgan fingerprint density at radius 2 is 1.63 bits per heavy atom. The van der Waals surface area contributed by atoms with Gasteiger partial charge in [-0.15, -0.1) is 0 Å². The Bertz CT molecular complexity index is 1780. The van der Waals surface area contributed by atoms with Gasteiger partial charge in [-0.05, 0) is 54.4 Å². The Kier molecular flexibility index (Phi) is 8.02. The van der Waals surface area contributed by atoms with E-state index in [0.717, 1.165) is 14.9 Å². The summed E-state index contributed by atoms with van der Waals surface area (Å²) in [6, 6.07) is 22.6. The van der Waals surface area contributed by atoms with Gasteiger partial charge < -0.3 is 5.32 Å². The van der Waals surface area contributed by atoms with Crippen molar-refractivity contribution in [2.24, 2.45) is 0 Å². The third-order valence-corrected chi connectivity index (χ3v) is 8.16. The van der Waals surface area contributed by atoms with Crippen LogP contribution in [0.3, 0.4) is 0 Å². The monoisotopic (exact) mass is 553 g/mol. The summed E-state index contributed by atoms with van der Waals surface area (Å²) < 4.78 is 72.1. The summed E-state index contributed by atoms with van der Waals surface area (Å²) in [7, 11) is -6.24. The molecule has 0 unspecified atom stereocenters. The van der Waals surface area contributed by atoms with Gasteiger partial charge in [0.2, 0.25) is 0 Å². The van der Waals surface area contributed by atoms with Crippen LogP contribution < -0.4 is 5.32 Å². The smallest absolute Gasteiger partial charge is 0.295 e. The molecule has 0 fully saturated rings. The van der Waals surface area contributed by atoms with Crippen molar-refractivity contribution in [2.75, 3.05) is 7.05 Å². The topological polar surface area (TPSA) is 118 Å². The molecule has 5 rings (SSSR count). The van der Waals surface area contributed by atoms with E-state index in [4.69, 9.17) is 4.55 Å². The molecule has 0 radical (unpaired) electrons. The number of pyridine rings is 1. The minimum atomic E-state index is -4.13. The molecule has 3 aromatic carbocycles. The predicted octanol–water partition coefficient (Wildman–Crippen LogP) is 4.73. The number of hydrogen-bond acceptors (Lipinski definition) is 6. The summed E-state index contributed by atoms with van der Waals surface area (Å²) in [4.78, 5) is 3.87. The van der Waals surface area contributed by atoms with Crippen molar-refractivity contribution in [3.8, 4) is 11.3 Å². The summed E-state index contributed by atoms with van der Waals surface area (Å²) in [5, 5.41) is 4.30. The molecule has 2 heterocycles. The Balaban J connectivity index is 0.000000204. The van der Waals surface area contributed by atoms with Crippen LogP contribution in [0.5, 0.6) is 0 Å². The van der Waals surface area contributed by atoms with Crippen molar-refractivity contribution in [1.82, 2.24) is 14.3 Å². The van der Waals surface area contributed by atoms with Crippen molar-refractivity contribution < 1.29 is 25.8 Å². The highest BCUT2D eigenvalue weighted by Gasteiger charge is 2.23. The van der Waals surface area contributed by atoms with Crippen molar-refractivity contribution in [2.45, 2.75) is 16.3 Å². The molecule has 0 bridgehead atoms. The molecule has 5 aromatic rings. The number of benzene rings is 3. The van der Waals surface area contributed by atoms with Crippen LogP contribution >= 0.6 is 0 Å². The van der Waals surface area contributed by atoms with E-state index in [2.05, 4.69) is 10.3 Å². The van der Waals surface area contributed by atoms with Crippen LogP contribution in [0.1, 0.15) is 5.56 Å². The van der Waals surface area contributed by atoms with Crippen LogP contribution in [0.25, 0.3) is 22.0 Å². The lowest BCUT2D eigenvalue weighted by Crippen LogP contribution is -2.14. The molecule has 0 aliphatic heterocycles. The zero-order valence-corrected chi connectivity index (χ0v) is 21.8. The molecule has 11 heteroatoms. The predicted molar refractivity (Wildman–Crippen MR) is 143 cm³/mol. The largest absolute Gasteiger partial charge is 0.316 e. The van der Waals surface area contributed by atoms with E-state index in [0.29, 0.717) is 11.9 Å². The van der Waals surface area contributed by atoms with E-state index in [-0.39, 0.29) is 21.0 Å². The normalized spacial score (nSPS) is 11.7. The van der Waals surface area contributed by atoms with Gasteiger partial charge in [0.05, 0.1) is 5.69 Å². The first kappa shape index (κ1) is 27.1. The van der Waals surface area contributed by atoms with Gasteiger partial charge in [-0.3, -0.25) is 9.54 Å². The number of rotatable bonds is 6. The van der Waals surface area contributed by atoms with Crippen molar-refractivity contribution >= 4 is 30.9 Å². The van der Waals surface area contributed by atoms with Gasteiger partial charge in [-0.2, -0.15) is 8.42 Å². The second-order valence-electron chi connectivity index (χ2n) is 8.19. The number of fused-ring (bicyclic) bond motifs is 1. The molecule has 0 saturated heterocycles. The van der Waals surface area contributed by atoms with Gasteiger partial charge in [-0.1, -0.05) is 48.5 Å². The molecule has 0 aliphatic rings. The molecule has 0 aliphatic carbocycles. The SMILES string of the molecule is CNCc1cc(-c2ccccc2F)n(S(=O)(=O)c2cccnc2)c1.O=S(=O)(O)c1cccc2ccccc12. The maximum atomic E-state index is 14.2. The number of halogens is 1. The van der Waals surface area contributed by atoms with Gasteiger partial charge in [0.15, 0.2) is 0 Å². The van der Waals surface area contributed by atoms with E-state index in [9.17, 15) is 21.2 Å². The van der Waals surface area contributed by atoms with Crippen molar-refractivity contribution in [3.05, 3.63) is 115 Å². The lowest BCUT2D eigenvalue weighted by Gasteiger charge is -2.10. The zero-order valence-electron chi connectivity index (χ0n) is 20.2. The number of nitrogens with one attached hydrogen (secondary N) is 1. The van der Waals surface area contributed by atoms with Crippen molar-refractivity contribution in [1.29, 1.82) is 0 Å². The molecule has 196 valence electrons. The third kappa shape index (κ3) is 5.81. The minimum Gasteiger partial charge on any atom is -0.316 e. The maximum Gasteiger partial charge on any atom is 0.295 e. The molecule has 0 saturated carbocycles. The van der Waals surface area contributed by atoms with Crippen molar-refractivity contribution in [3.63, 3.8) is 0 Å². The van der Waals surface area contributed by atoms with Crippen LogP contribution in [-0.4, -0.2) is 37.4 Å². The first-order valence-corrected chi connectivity index (χ1v) is 14.2. The number of nitrogens with zero attached hydrogens (tertiary/aromatic N) is 2. The number of hydrogen-bond donors (Lipinski definition) is 2. The Morgan fingerprint density at radius 1 is 0.921 bits per heavy atom. The lowest BCUT2D eigenvalue weighted by molar-refractivity contribution is 0.484. The summed E-state index contributed by atoms with van der Waals surface area (Å²) in [6.45, 7) is 0.469. The Labute approximate surface area is 220 Å². The second-order valence-corrected chi connectivity index (χ2v) is 11.4. The van der Waals surface area contributed by atoms with E-state index in [1.165, 1.54) is 36.8 Å². The van der Waals surface area contributed by atoms with Gasteiger partial charge in [0.25, 0.3) is 20.1 Å². The highest BCUT2D eigenvalue weighted by molar-refractivity contribution is 7.90. The Morgan fingerprint density at radius 3 is 2.32 bits per heavy atom. The van der Waals surface area contributed by atoms with Gasteiger partial charge in [0.1, 0.15) is 15.6 Å². The highest BCUT2D eigenvalue weighted by Crippen LogP contribution is 2.29. The summed E-state index contributed by atoms with van der Waals surface area (Å²) >= 11 is 0. The average molecular weight is 554 g/mol. The fraction of sp³-hybridized carbons (Fsp3) is 0.0741. The van der Waals surface area contributed by atoms with Gasteiger partial charge in [-0.25, -0.2) is 16.8 Å². The second kappa shape index (κ2) is 11.2. The van der Waals surface area contributed by atoms with Crippen LogP contribution in [0.15, 0.2) is 113 Å².